The van der Waals surface area contributed by atoms with E-state index in [1.54, 1.807) is 19.1 Å². The number of unbranched alkanes of at least 4 members (excludes halogenated alkanes) is 1. The van der Waals surface area contributed by atoms with E-state index in [0.29, 0.717) is 17.9 Å². The summed E-state index contributed by atoms with van der Waals surface area (Å²) in [5, 5.41) is 130. The normalized spacial score (nSPS) is 26.1. The van der Waals surface area contributed by atoms with E-state index in [0.717, 1.165) is 71.3 Å². The van der Waals surface area contributed by atoms with Crippen molar-refractivity contribution in [3.05, 3.63) is 176 Å². The zero-order valence-electron chi connectivity index (χ0n) is 64.5. The van der Waals surface area contributed by atoms with Crippen LogP contribution >= 0.6 is 34.8 Å². The van der Waals surface area contributed by atoms with Gasteiger partial charge in [-0.3, -0.25) is 38.4 Å². The number of halogens is 3. The highest BCUT2D eigenvalue weighted by atomic mass is 35.5. The van der Waals surface area contributed by atoms with Crippen molar-refractivity contribution in [1.82, 2.24) is 47.9 Å². The molecule has 7 heterocycles. The maximum Gasteiger partial charge on any atom is 0.248 e. The van der Waals surface area contributed by atoms with E-state index in [1.807, 2.05) is 50.2 Å². The highest BCUT2D eigenvalue weighted by Gasteiger charge is 2.51. The lowest BCUT2D eigenvalue weighted by Gasteiger charge is -2.45. The average Bonchev–Trinajstić information content (AvgIpc) is 0.765. The third-order valence-corrected chi connectivity index (χ3v) is 21.9. The van der Waals surface area contributed by atoms with Crippen molar-refractivity contribution in [3.63, 3.8) is 0 Å². The topological polar surface area (TPSA) is 534 Å². The number of fused-ring (bicyclic) bond motifs is 15. The number of phenols is 3. The molecule has 34 nitrogen and oxygen atoms in total. The van der Waals surface area contributed by atoms with Gasteiger partial charge in [0.2, 0.25) is 59.3 Å². The number of nitrogens with two attached hydrogens (primary N) is 2. The number of primary amides is 1. The second kappa shape index (κ2) is 38.3. The Hall–Kier alpha value is -10.5. The van der Waals surface area contributed by atoms with Gasteiger partial charge in [0.25, 0.3) is 0 Å². The van der Waals surface area contributed by atoms with Crippen LogP contribution in [-0.2, 0) is 59.1 Å². The number of ether oxygens (including phenoxy) is 6. The van der Waals surface area contributed by atoms with Crippen LogP contribution in [-0.4, -0.2) is 199 Å². The molecule has 0 saturated carbocycles. The molecule has 10 unspecified atom stereocenters. The van der Waals surface area contributed by atoms with Gasteiger partial charge in [0.05, 0.1) is 41.3 Å². The number of hydrogen-bond donors (Lipinski definition) is 20. The lowest BCUT2D eigenvalue weighted by molar-refractivity contribution is -0.330. The summed E-state index contributed by atoms with van der Waals surface area (Å²) in [6.45, 7) is 4.70. The molecule has 14 rings (SSSR count). The maximum atomic E-state index is 16.3. The van der Waals surface area contributed by atoms with Crippen molar-refractivity contribution in [3.8, 4) is 68.2 Å². The minimum absolute atomic E-state index is 0.0248. The molecular weight excluding hydrogens is 1610 g/mol. The molecule has 22 N–H and O–H groups in total. The Morgan fingerprint density at radius 1 is 0.647 bits per heavy atom. The van der Waals surface area contributed by atoms with Gasteiger partial charge in [-0.2, -0.15) is 0 Å². The van der Waals surface area contributed by atoms with Crippen molar-refractivity contribution in [2.45, 2.75) is 169 Å². The Kier molecular flexibility index (Phi) is 28.2. The highest BCUT2D eigenvalue weighted by Crippen LogP contribution is 2.50. The monoisotopic (exact) mass is 1700 g/mol. The van der Waals surface area contributed by atoms with Crippen molar-refractivity contribution in [1.29, 1.82) is 0 Å². The number of hydrogen-bond acceptors (Lipinski definition) is 26. The molecular formula is C82H92Cl3N11O23. The van der Waals surface area contributed by atoms with Gasteiger partial charge in [-0.1, -0.05) is 103 Å². The summed E-state index contributed by atoms with van der Waals surface area (Å²) in [5.41, 5.74) is 11.9. The Morgan fingerprint density at radius 2 is 1.27 bits per heavy atom. The first-order chi connectivity index (χ1) is 56.8. The largest absolute Gasteiger partial charge is 0.508 e. The van der Waals surface area contributed by atoms with Crippen LogP contribution in [0.4, 0.5) is 0 Å². The lowest BCUT2D eigenvalue weighted by atomic mass is 9.89. The van der Waals surface area contributed by atoms with E-state index in [4.69, 9.17) is 74.7 Å². The molecule has 11 bridgehead atoms. The smallest absolute Gasteiger partial charge is 0.248 e. The van der Waals surface area contributed by atoms with Crippen LogP contribution in [0.5, 0.6) is 46.0 Å². The van der Waals surface area contributed by atoms with Crippen molar-refractivity contribution >= 4 is 82.1 Å². The molecule has 7 aromatic carbocycles. The van der Waals surface area contributed by atoms with Gasteiger partial charge in [0.15, 0.2) is 23.9 Å². The fraction of sp³-hybridized carbons (Fsp3) is 0.390. The van der Waals surface area contributed by atoms with E-state index < -0.39 is 221 Å². The fourth-order valence-corrected chi connectivity index (χ4v) is 15.3. The van der Waals surface area contributed by atoms with Gasteiger partial charge in [0.1, 0.15) is 95.5 Å². The van der Waals surface area contributed by atoms with Crippen LogP contribution in [0.3, 0.4) is 0 Å². The number of aliphatic hydroxyl groups is 6. The second-order valence-corrected chi connectivity index (χ2v) is 31.2. The lowest BCUT2D eigenvalue weighted by Crippen LogP contribution is -2.63. The van der Waals surface area contributed by atoms with Crippen molar-refractivity contribution < 1.29 is 113 Å². The molecule has 0 aromatic heterocycles. The van der Waals surface area contributed by atoms with Gasteiger partial charge in [-0.15, -0.1) is 0 Å². The molecule has 634 valence electrons. The minimum Gasteiger partial charge on any atom is -0.508 e. The number of amides is 8. The number of nitrogens with one attached hydrogen (secondary N) is 9. The molecule has 119 heavy (non-hydrogen) atoms. The molecule has 0 spiro atoms. The average molecular weight is 1710 g/mol. The third-order valence-electron chi connectivity index (χ3n) is 21.0. The predicted molar refractivity (Wildman–Crippen MR) is 428 cm³/mol. The standard InChI is InChI=1S/C82H92Cl3N11O23/c1-35(2)23-51(88-4)75(107)95-66-69(103)41-14-19-55(48(84)25-41)115-57-27-43-28-58(73(57)119-82-74(72(106)71(105)59(34-97)117-82)118-61-32-50(68(102)36(3)114-61)90-33-37-7-9-38(10-8-37)39-11-16-44(83)17-12-39)116-56-20-15-42(26-49(56)85)70(104)67-81(113)94-65(77(109)89-22-6-5-21-86)47-29-45(98)30-54(100)62(47)46-24-40(13-18-53(46)99)63(78(110)96-67)93-79(111)64(43)92-76(108)52(31-60(87)101)91-80(66)112/h7-20,24-30,35-36,50-52,59,61,63-72,74,82,88,90,97-100,102-106H,5-6,21-23,31-34,86H2,1-4H3,(H2,87,101)(H,89,109)(H,91,112)(H,92,108)(H,93,111)(H,94,113)(H,95,107)(H,96,110)/t36?,50?,51-,52+,59?,61?,63?,64-,65+,66-,67+,68?,69-,70-,71?,72?,74?,82?/m1/s1. The zero-order valence-corrected chi connectivity index (χ0v) is 66.8. The van der Waals surface area contributed by atoms with Gasteiger partial charge in [-0.05, 0) is 157 Å². The van der Waals surface area contributed by atoms with Crippen LogP contribution in [0.15, 0.2) is 127 Å². The summed E-state index contributed by atoms with van der Waals surface area (Å²) >= 11 is 20.5. The predicted octanol–water partition coefficient (Wildman–Crippen LogP) is 3.64. The number of rotatable bonds is 21. The number of aliphatic hydroxyl groups excluding tert-OH is 6. The van der Waals surface area contributed by atoms with Crippen LogP contribution < -0.4 is 73.5 Å². The van der Waals surface area contributed by atoms with Crippen LogP contribution in [0.2, 0.25) is 15.1 Å². The summed E-state index contributed by atoms with van der Waals surface area (Å²) in [4.78, 5) is 120. The molecule has 0 radical (unpaired) electrons. The van der Waals surface area contributed by atoms with E-state index in [9.17, 15) is 60.3 Å². The van der Waals surface area contributed by atoms with E-state index in [1.165, 1.54) is 31.3 Å². The molecule has 8 amide bonds. The molecule has 7 aromatic rings. The summed E-state index contributed by atoms with van der Waals surface area (Å²) in [6, 6.07) is 14.6. The Morgan fingerprint density at radius 3 is 1.89 bits per heavy atom. The SMILES string of the molecule is CN[C@H](CC(C)C)C(=O)N[C@H]1C(=O)N[C@@H](CC(N)=O)C(=O)N[C@H]2C(=O)NC3C(=O)N[C@H](C(=O)N[C@H](C(=O)NCCCCN)c4cc(O)cc(O)c4-c4cc3ccc4O)[C@H](O)c3ccc(c(Cl)c3)Oc3cc2cc(c3OC2OC(CO)C(O)C(O)C2OC2CC(NCc3ccc(-c4ccc(Cl)cc4)cc3)C(O)C(C)O2)Oc2ccc(cc2Cl)[C@H]1O. The number of phenolic OH excluding ortho intramolecular Hbond substituents is 3. The summed E-state index contributed by atoms with van der Waals surface area (Å²) in [6.07, 6.45) is -17.6. The molecule has 7 aliphatic heterocycles. The molecule has 2 fully saturated rings. The zero-order chi connectivity index (χ0) is 85.5. The number of aromatic hydroxyl groups is 3. The maximum absolute atomic E-state index is 16.3. The Labute approximate surface area is 696 Å². The number of likely N-dealkylation sites (N-methyl/N-ethyl adjacent to an activating group) is 1. The van der Waals surface area contributed by atoms with E-state index in [-0.39, 0.29) is 82.7 Å². The molecule has 2 saturated heterocycles. The Balaban J connectivity index is 1.03. The minimum atomic E-state index is -2.35. The molecule has 0 aliphatic carbocycles. The first-order valence-corrected chi connectivity index (χ1v) is 39.4. The van der Waals surface area contributed by atoms with E-state index >= 15 is 24.0 Å². The fourth-order valence-electron chi connectivity index (χ4n) is 14.7. The molecule has 7 aliphatic rings. The molecule has 18 atom stereocenters. The number of carbonyl (C=O) groups excluding carboxylic acids is 8. The van der Waals surface area contributed by atoms with Gasteiger partial charge in [0, 0.05) is 47.8 Å². The van der Waals surface area contributed by atoms with Gasteiger partial charge < -0.3 is 134 Å². The van der Waals surface area contributed by atoms with Crippen LogP contribution in [0.25, 0.3) is 22.3 Å². The summed E-state index contributed by atoms with van der Waals surface area (Å²) < 4.78 is 39.5. The molecule has 37 heteroatoms. The van der Waals surface area contributed by atoms with Crippen LogP contribution in [0, 0.1) is 5.92 Å². The Bertz CT molecular complexity index is 4940. The highest BCUT2D eigenvalue weighted by molar-refractivity contribution is 6.32. The number of carbonyl (C=O) groups is 8. The summed E-state index contributed by atoms with van der Waals surface area (Å²) in [7, 11) is 1.48. The van der Waals surface area contributed by atoms with E-state index in [2.05, 4.69) is 47.9 Å². The van der Waals surface area contributed by atoms with Crippen molar-refractivity contribution in [2.75, 3.05) is 26.7 Å². The first kappa shape index (κ1) is 87.8. The first-order valence-electron chi connectivity index (χ1n) is 38.3. The third kappa shape index (κ3) is 20.2. The second-order valence-electron chi connectivity index (χ2n) is 29.9. The quantitative estimate of drug-likeness (QED) is 0.0457. The van der Waals surface area contributed by atoms with Crippen LogP contribution in [0.1, 0.15) is 117 Å². The van der Waals surface area contributed by atoms with Gasteiger partial charge in [-0.25, -0.2) is 0 Å². The van der Waals surface area contributed by atoms with Gasteiger partial charge >= 0.3 is 0 Å². The van der Waals surface area contributed by atoms with Crippen molar-refractivity contribution in [2.24, 2.45) is 17.4 Å². The number of benzene rings is 7. The summed E-state index contributed by atoms with van der Waals surface area (Å²) in [5.74, 6) is -14.6.